The van der Waals surface area contributed by atoms with Gasteiger partial charge in [0.05, 0.1) is 6.61 Å². The molecule has 61 heavy (non-hydrogen) atoms. The SMILES string of the molecule is CCOC(=O)OC(C)OC(=O)C1=C(CSc2nnc(C)s2)CSC2C(NC(=O)/C(=N/OCC(=O)NNC(=O)c3ccc(OC(C)=O)c(OC(C)=O)c3)c3csc(N)n3)C(=O)N12. The minimum Gasteiger partial charge on any atom is -0.435 e. The van der Waals surface area contributed by atoms with Crippen molar-refractivity contribution in [3.63, 3.8) is 0 Å². The van der Waals surface area contributed by atoms with Crippen LogP contribution in [0.15, 0.2) is 44.3 Å². The number of ether oxygens (including phenoxy) is 5. The minimum atomic E-state index is -1.38. The number of fused-ring (bicyclic) bond motifs is 1. The first kappa shape index (κ1) is 45.8. The molecule has 1 fully saturated rings. The molecule has 23 nitrogen and oxygen atoms in total. The quantitative estimate of drug-likeness (QED) is 0.0300. The van der Waals surface area contributed by atoms with Crippen LogP contribution in [-0.2, 0) is 47.8 Å². The Balaban J connectivity index is 1.25. The van der Waals surface area contributed by atoms with Gasteiger partial charge < -0.3 is 39.6 Å². The lowest BCUT2D eigenvalue weighted by molar-refractivity contribution is -0.169. The maximum atomic E-state index is 13.7. The molecule has 324 valence electrons. The fourth-order valence-electron chi connectivity index (χ4n) is 5.11. The number of nitrogen functional groups attached to an aromatic ring is 1. The zero-order valence-electron chi connectivity index (χ0n) is 32.5. The van der Waals surface area contributed by atoms with E-state index in [9.17, 15) is 38.4 Å². The number of rotatable bonds is 16. The van der Waals surface area contributed by atoms with E-state index in [2.05, 4.69) is 36.5 Å². The number of aryl methyl sites for hydroxylation is 1. The molecule has 2 aliphatic rings. The molecule has 0 bridgehead atoms. The molecule has 2 aromatic heterocycles. The predicted molar refractivity (Wildman–Crippen MR) is 215 cm³/mol. The third-order valence-corrected chi connectivity index (χ3v) is 11.6. The lowest BCUT2D eigenvalue weighted by atomic mass is 10.0. The molecule has 3 unspecified atom stereocenters. The van der Waals surface area contributed by atoms with Gasteiger partial charge in [0, 0.05) is 43.2 Å². The van der Waals surface area contributed by atoms with Crippen molar-refractivity contribution in [2.75, 3.05) is 30.5 Å². The predicted octanol–water partition coefficient (Wildman–Crippen LogP) is 1.43. The maximum Gasteiger partial charge on any atom is 0.511 e. The molecule has 2 aliphatic heterocycles. The van der Waals surface area contributed by atoms with Crippen molar-refractivity contribution in [1.82, 2.24) is 36.2 Å². The molecule has 5 N–H and O–H groups in total. The van der Waals surface area contributed by atoms with Crippen LogP contribution in [0.4, 0.5) is 9.93 Å². The van der Waals surface area contributed by atoms with Gasteiger partial charge in [0.2, 0.25) is 6.29 Å². The number of hydrazine groups is 1. The van der Waals surface area contributed by atoms with Crippen molar-refractivity contribution >= 4 is 105 Å². The Morgan fingerprint density at radius 3 is 2.44 bits per heavy atom. The zero-order valence-corrected chi connectivity index (χ0v) is 35.8. The number of hydrogen-bond donors (Lipinski definition) is 4. The summed E-state index contributed by atoms with van der Waals surface area (Å²) in [5.41, 5.74) is 9.80. The number of amides is 4. The van der Waals surface area contributed by atoms with Gasteiger partial charge in [0.25, 0.3) is 23.6 Å². The second kappa shape index (κ2) is 20.8. The summed E-state index contributed by atoms with van der Waals surface area (Å²) in [6, 6.07) is 2.38. The molecule has 27 heteroatoms. The fourth-order valence-corrected chi connectivity index (χ4v) is 8.96. The first-order chi connectivity index (χ1) is 29.0. The first-order valence-corrected chi connectivity index (χ1v) is 21.2. The highest BCUT2D eigenvalue weighted by molar-refractivity contribution is 8.01. The van der Waals surface area contributed by atoms with Crippen LogP contribution in [0.1, 0.15) is 48.8 Å². The Morgan fingerprint density at radius 2 is 1.79 bits per heavy atom. The van der Waals surface area contributed by atoms with Crippen molar-refractivity contribution in [3.05, 3.63) is 51.1 Å². The summed E-state index contributed by atoms with van der Waals surface area (Å²) in [7, 11) is 0. The molecule has 4 amide bonds. The van der Waals surface area contributed by atoms with E-state index in [4.69, 9.17) is 34.3 Å². The van der Waals surface area contributed by atoms with Crippen molar-refractivity contribution in [1.29, 1.82) is 0 Å². The molecule has 1 saturated heterocycles. The number of thioether (sulfide) groups is 2. The van der Waals surface area contributed by atoms with Crippen LogP contribution in [0, 0.1) is 6.92 Å². The van der Waals surface area contributed by atoms with E-state index in [1.54, 1.807) is 13.8 Å². The second-order valence-corrected chi connectivity index (χ2v) is 16.5. The number of thiazole rings is 1. The number of anilines is 1. The van der Waals surface area contributed by atoms with Crippen LogP contribution in [0.25, 0.3) is 0 Å². The number of carbonyl (C=O) groups is 8. The lowest BCUT2D eigenvalue weighted by Gasteiger charge is -2.49. The van der Waals surface area contributed by atoms with Gasteiger partial charge in [0.1, 0.15) is 27.8 Å². The topological polar surface area (TPSA) is 308 Å². The van der Waals surface area contributed by atoms with Gasteiger partial charge in [-0.25, -0.2) is 14.6 Å². The Morgan fingerprint density at radius 1 is 1.05 bits per heavy atom. The number of nitrogens with zero attached hydrogens (tertiary/aromatic N) is 5. The van der Waals surface area contributed by atoms with Crippen molar-refractivity contribution in [2.45, 2.75) is 56.7 Å². The van der Waals surface area contributed by atoms with E-state index in [-0.39, 0.29) is 51.7 Å². The standard InChI is InChI=1S/C34H35N9O14S4/c1-6-52-34(51)57-17(5)56-31(50)26-19(12-60-33-41-38-14(2)61-33)11-58-30-25(29(49)43(26)30)37-28(48)24(20-13-59-32(35)36-20)42-53-10-23(46)39-40-27(47)18-7-8-21(54-15(3)44)22(9-18)55-16(4)45/h7-9,13,17,25,30H,6,10-12H2,1-5H3,(H2,35,36)(H,37,48)(H,39,46)(H,40,47)/b42-24+. The van der Waals surface area contributed by atoms with Crippen molar-refractivity contribution in [2.24, 2.45) is 5.16 Å². The van der Waals surface area contributed by atoms with Gasteiger partial charge in [-0.3, -0.25) is 44.5 Å². The summed E-state index contributed by atoms with van der Waals surface area (Å²) < 4.78 is 25.7. The number of hydrogen-bond acceptors (Lipinski definition) is 23. The van der Waals surface area contributed by atoms with Gasteiger partial charge in [0.15, 0.2) is 33.3 Å². The molecule has 4 heterocycles. The normalized spacial score (nSPS) is 16.2. The van der Waals surface area contributed by atoms with Gasteiger partial charge in [-0.15, -0.1) is 33.3 Å². The monoisotopic (exact) mass is 921 g/mol. The second-order valence-electron chi connectivity index (χ2n) is 12.1. The highest BCUT2D eigenvalue weighted by atomic mass is 32.2. The summed E-state index contributed by atoms with van der Waals surface area (Å²) in [5.74, 6) is -5.72. The van der Waals surface area contributed by atoms with E-state index >= 15 is 0 Å². The highest BCUT2D eigenvalue weighted by Crippen LogP contribution is 2.42. The largest absolute Gasteiger partial charge is 0.511 e. The molecule has 3 aromatic rings. The summed E-state index contributed by atoms with van der Waals surface area (Å²) in [4.78, 5) is 111. The number of benzene rings is 1. The van der Waals surface area contributed by atoms with Crippen LogP contribution in [-0.4, -0.2) is 116 Å². The molecule has 0 aliphatic carbocycles. The Bertz CT molecular complexity index is 2300. The Hall–Kier alpha value is -6.32. The van der Waals surface area contributed by atoms with Crippen molar-refractivity contribution in [3.8, 4) is 11.5 Å². The molecule has 0 radical (unpaired) electrons. The van der Waals surface area contributed by atoms with Crippen LogP contribution in [0.5, 0.6) is 11.5 Å². The zero-order chi connectivity index (χ0) is 44.4. The lowest BCUT2D eigenvalue weighted by Crippen LogP contribution is -2.71. The summed E-state index contributed by atoms with van der Waals surface area (Å²) >= 11 is 4.87. The Labute approximate surface area is 361 Å². The number of oxime groups is 1. The van der Waals surface area contributed by atoms with Crippen molar-refractivity contribution < 1.29 is 66.9 Å². The molecule has 1 aromatic carbocycles. The average Bonchev–Trinajstić information content (AvgIpc) is 3.83. The molecular formula is C34H35N9O14S4. The van der Waals surface area contributed by atoms with Gasteiger partial charge in [-0.05, 0) is 37.6 Å². The van der Waals surface area contributed by atoms with Gasteiger partial charge in [-0.2, -0.15) is 0 Å². The smallest absolute Gasteiger partial charge is 0.435 e. The molecule has 0 saturated carbocycles. The number of aromatic nitrogens is 3. The first-order valence-electron chi connectivity index (χ1n) is 17.5. The molecule has 0 spiro atoms. The number of carbonyl (C=O) groups excluding carboxylic acids is 8. The third kappa shape index (κ3) is 12.1. The summed E-state index contributed by atoms with van der Waals surface area (Å²) in [6.07, 6.45) is -2.44. The minimum absolute atomic E-state index is 0.0242. The van der Waals surface area contributed by atoms with Crippen LogP contribution >= 0.6 is 46.2 Å². The fraction of sp³-hybridized carbons (Fsp3) is 0.353. The van der Waals surface area contributed by atoms with Gasteiger partial charge in [-0.1, -0.05) is 28.3 Å². The highest BCUT2D eigenvalue weighted by Gasteiger charge is 2.55. The van der Waals surface area contributed by atoms with E-state index in [0.29, 0.717) is 9.91 Å². The van der Waals surface area contributed by atoms with Gasteiger partial charge >= 0.3 is 24.1 Å². The Kier molecular flexibility index (Phi) is 15.6. The number of esters is 3. The maximum absolute atomic E-state index is 13.7. The summed E-state index contributed by atoms with van der Waals surface area (Å²) in [6.45, 7) is 6.09. The van der Waals surface area contributed by atoms with Crippen LogP contribution in [0.3, 0.4) is 0 Å². The number of β-lactam (4-membered cyclic amide) rings is 1. The number of nitrogens with two attached hydrogens (primary N) is 1. The van der Waals surface area contributed by atoms with E-state index in [1.165, 1.54) is 64.2 Å². The molecular weight excluding hydrogens is 887 g/mol. The van der Waals surface area contributed by atoms with E-state index in [1.807, 2.05) is 0 Å². The van der Waals surface area contributed by atoms with E-state index in [0.717, 1.165) is 36.3 Å². The molecule has 3 atom stereocenters. The number of nitrogens with one attached hydrogen (secondary N) is 3. The van der Waals surface area contributed by atoms with Crippen LogP contribution in [0.2, 0.25) is 0 Å². The average molecular weight is 922 g/mol. The van der Waals surface area contributed by atoms with Crippen LogP contribution < -0.4 is 31.4 Å². The van der Waals surface area contributed by atoms with E-state index < -0.39 is 77.7 Å². The third-order valence-electron chi connectivity index (χ3n) is 7.56. The summed E-state index contributed by atoms with van der Waals surface area (Å²) in [5, 5.41) is 15.8. The molecule has 5 rings (SSSR count).